The molecule has 2 rings (SSSR count). The molecule has 1 aliphatic rings. The molecule has 0 spiro atoms. The van der Waals surface area contributed by atoms with E-state index in [1.807, 2.05) is 0 Å². The molecule has 1 fully saturated rings. The molecule has 1 aromatic carbocycles. The number of benzene rings is 1. The molecule has 106 valence electrons. The molecule has 2 N–H and O–H groups in total. The Balaban J connectivity index is 2.21. The van der Waals surface area contributed by atoms with E-state index >= 15 is 0 Å². The number of aryl methyl sites for hydroxylation is 2. The van der Waals surface area contributed by atoms with Crippen LogP contribution < -0.4 is 5.73 Å². The summed E-state index contributed by atoms with van der Waals surface area (Å²) in [6, 6.07) is 7.26. The zero-order valence-corrected chi connectivity index (χ0v) is 12.5. The van der Waals surface area contributed by atoms with Crippen LogP contribution in [-0.4, -0.2) is 49.6 Å². The first-order valence-corrected chi connectivity index (χ1v) is 7.31. The topological polar surface area (TPSA) is 32.5 Å². The molecular weight excluding hydrogens is 234 g/mol. The van der Waals surface area contributed by atoms with Gasteiger partial charge in [-0.3, -0.25) is 4.90 Å². The van der Waals surface area contributed by atoms with Gasteiger partial charge in [-0.25, -0.2) is 0 Å². The van der Waals surface area contributed by atoms with Crippen molar-refractivity contribution in [3.63, 3.8) is 0 Å². The molecule has 0 radical (unpaired) electrons. The zero-order chi connectivity index (χ0) is 13.8. The van der Waals surface area contributed by atoms with E-state index in [0.717, 1.165) is 39.1 Å². The van der Waals surface area contributed by atoms with Crippen LogP contribution in [-0.2, 0) is 0 Å². The zero-order valence-electron chi connectivity index (χ0n) is 12.5. The molecule has 1 heterocycles. The summed E-state index contributed by atoms with van der Waals surface area (Å²) in [5, 5.41) is 0. The first kappa shape index (κ1) is 14.5. The van der Waals surface area contributed by atoms with Gasteiger partial charge in [-0.1, -0.05) is 23.8 Å². The van der Waals surface area contributed by atoms with Gasteiger partial charge in [0.05, 0.1) is 0 Å². The Bertz CT molecular complexity index is 408. The SMILES string of the molecule is Cc1ccc(C)c(C(CCN)N2CCN(C)CC2)c1. The summed E-state index contributed by atoms with van der Waals surface area (Å²) < 4.78 is 0. The standard InChI is InChI=1S/C16H27N3/c1-13-4-5-14(2)15(12-13)16(6-7-17)19-10-8-18(3)9-11-19/h4-5,12,16H,6-11,17H2,1-3H3. The van der Waals surface area contributed by atoms with Crippen LogP contribution in [0, 0.1) is 13.8 Å². The van der Waals surface area contributed by atoms with Gasteiger partial charge < -0.3 is 10.6 Å². The van der Waals surface area contributed by atoms with Gasteiger partial charge >= 0.3 is 0 Å². The molecule has 3 nitrogen and oxygen atoms in total. The van der Waals surface area contributed by atoms with Crippen LogP contribution in [0.4, 0.5) is 0 Å². The highest BCUT2D eigenvalue weighted by Crippen LogP contribution is 2.28. The molecule has 3 heteroatoms. The van der Waals surface area contributed by atoms with E-state index in [2.05, 4.69) is 48.9 Å². The average Bonchev–Trinajstić information content (AvgIpc) is 2.40. The molecule has 1 unspecified atom stereocenters. The van der Waals surface area contributed by atoms with E-state index in [-0.39, 0.29) is 0 Å². The van der Waals surface area contributed by atoms with Gasteiger partial charge in [-0.15, -0.1) is 0 Å². The van der Waals surface area contributed by atoms with Crippen molar-refractivity contribution in [3.8, 4) is 0 Å². The fourth-order valence-electron chi connectivity index (χ4n) is 2.95. The second-order valence-electron chi connectivity index (χ2n) is 5.79. The van der Waals surface area contributed by atoms with Crippen LogP contribution in [0.2, 0.25) is 0 Å². The van der Waals surface area contributed by atoms with Crippen molar-refractivity contribution in [2.24, 2.45) is 5.73 Å². The number of hydrogen-bond donors (Lipinski definition) is 1. The van der Waals surface area contributed by atoms with Crippen molar-refractivity contribution < 1.29 is 0 Å². The summed E-state index contributed by atoms with van der Waals surface area (Å²) in [4.78, 5) is 5.01. The predicted octanol–water partition coefficient (Wildman–Crippen LogP) is 1.94. The average molecular weight is 261 g/mol. The lowest BCUT2D eigenvalue weighted by molar-refractivity contribution is 0.107. The van der Waals surface area contributed by atoms with Crippen LogP contribution in [0.5, 0.6) is 0 Å². The van der Waals surface area contributed by atoms with Crippen LogP contribution >= 0.6 is 0 Å². The van der Waals surface area contributed by atoms with Crippen molar-refractivity contribution in [3.05, 3.63) is 34.9 Å². The smallest absolute Gasteiger partial charge is 0.0363 e. The summed E-state index contributed by atoms with van der Waals surface area (Å²) in [5.74, 6) is 0. The molecular formula is C16H27N3. The van der Waals surface area contributed by atoms with Gasteiger partial charge in [0.2, 0.25) is 0 Å². The van der Waals surface area contributed by atoms with E-state index in [9.17, 15) is 0 Å². The van der Waals surface area contributed by atoms with Gasteiger partial charge in [0.1, 0.15) is 0 Å². The Morgan fingerprint density at radius 2 is 1.84 bits per heavy atom. The lowest BCUT2D eigenvalue weighted by atomic mass is 9.95. The van der Waals surface area contributed by atoms with Crippen LogP contribution in [0.3, 0.4) is 0 Å². The minimum absolute atomic E-state index is 0.485. The predicted molar refractivity (Wildman–Crippen MR) is 81.4 cm³/mol. The number of nitrogens with two attached hydrogens (primary N) is 1. The molecule has 0 saturated carbocycles. The maximum Gasteiger partial charge on any atom is 0.0363 e. The maximum absolute atomic E-state index is 5.85. The molecule has 1 aliphatic heterocycles. The molecule has 0 bridgehead atoms. The fraction of sp³-hybridized carbons (Fsp3) is 0.625. The van der Waals surface area contributed by atoms with Crippen LogP contribution in [0.15, 0.2) is 18.2 Å². The third-order valence-corrected chi connectivity index (χ3v) is 4.21. The van der Waals surface area contributed by atoms with Crippen molar-refractivity contribution in [2.45, 2.75) is 26.3 Å². The first-order chi connectivity index (χ1) is 9.11. The normalized spacial score (nSPS) is 19.6. The largest absolute Gasteiger partial charge is 0.330 e. The summed E-state index contributed by atoms with van der Waals surface area (Å²) in [6.45, 7) is 9.76. The van der Waals surface area contributed by atoms with Gasteiger partial charge in [-0.05, 0) is 45.0 Å². The second kappa shape index (κ2) is 6.51. The van der Waals surface area contributed by atoms with E-state index in [1.165, 1.54) is 16.7 Å². The molecule has 1 atom stereocenters. The van der Waals surface area contributed by atoms with Crippen LogP contribution in [0.25, 0.3) is 0 Å². The Morgan fingerprint density at radius 1 is 1.16 bits per heavy atom. The van der Waals surface area contributed by atoms with Gasteiger partial charge in [0, 0.05) is 32.2 Å². The van der Waals surface area contributed by atoms with Gasteiger partial charge in [-0.2, -0.15) is 0 Å². The lowest BCUT2D eigenvalue weighted by Gasteiger charge is -2.38. The number of likely N-dealkylation sites (N-methyl/N-ethyl adjacent to an activating group) is 1. The van der Waals surface area contributed by atoms with E-state index in [0.29, 0.717) is 6.04 Å². The quantitative estimate of drug-likeness (QED) is 0.899. The Morgan fingerprint density at radius 3 is 2.47 bits per heavy atom. The highest BCUT2D eigenvalue weighted by molar-refractivity contribution is 5.33. The molecule has 19 heavy (non-hydrogen) atoms. The minimum atomic E-state index is 0.485. The highest BCUT2D eigenvalue weighted by atomic mass is 15.3. The number of nitrogens with zero attached hydrogens (tertiary/aromatic N) is 2. The monoisotopic (exact) mass is 261 g/mol. The Labute approximate surface area is 117 Å². The molecule has 0 aromatic heterocycles. The van der Waals surface area contributed by atoms with E-state index in [1.54, 1.807) is 0 Å². The number of rotatable bonds is 4. The Kier molecular flexibility index (Phi) is 4.97. The number of hydrogen-bond acceptors (Lipinski definition) is 3. The van der Waals surface area contributed by atoms with Crippen molar-refractivity contribution in [2.75, 3.05) is 39.8 Å². The third-order valence-electron chi connectivity index (χ3n) is 4.21. The molecule has 0 amide bonds. The van der Waals surface area contributed by atoms with Gasteiger partial charge in [0.25, 0.3) is 0 Å². The first-order valence-electron chi connectivity index (χ1n) is 7.31. The molecule has 0 aliphatic carbocycles. The molecule has 1 saturated heterocycles. The highest BCUT2D eigenvalue weighted by Gasteiger charge is 2.24. The number of piperazine rings is 1. The van der Waals surface area contributed by atoms with Crippen molar-refractivity contribution in [1.29, 1.82) is 0 Å². The van der Waals surface area contributed by atoms with E-state index < -0.39 is 0 Å². The fourth-order valence-corrected chi connectivity index (χ4v) is 2.95. The van der Waals surface area contributed by atoms with E-state index in [4.69, 9.17) is 5.73 Å². The minimum Gasteiger partial charge on any atom is -0.330 e. The third kappa shape index (κ3) is 3.56. The molecule has 1 aromatic rings. The summed E-state index contributed by atoms with van der Waals surface area (Å²) in [6.07, 6.45) is 1.05. The van der Waals surface area contributed by atoms with Gasteiger partial charge in [0.15, 0.2) is 0 Å². The summed E-state index contributed by atoms with van der Waals surface area (Å²) in [5.41, 5.74) is 10.1. The van der Waals surface area contributed by atoms with Crippen LogP contribution in [0.1, 0.15) is 29.2 Å². The van der Waals surface area contributed by atoms with Crippen molar-refractivity contribution in [1.82, 2.24) is 9.80 Å². The summed E-state index contributed by atoms with van der Waals surface area (Å²) >= 11 is 0. The summed E-state index contributed by atoms with van der Waals surface area (Å²) in [7, 11) is 2.20. The van der Waals surface area contributed by atoms with Crippen molar-refractivity contribution >= 4 is 0 Å². The lowest BCUT2D eigenvalue weighted by Crippen LogP contribution is -2.46. The maximum atomic E-state index is 5.85. The Hall–Kier alpha value is -0.900. The second-order valence-corrected chi connectivity index (χ2v) is 5.79.